The lowest BCUT2D eigenvalue weighted by molar-refractivity contribution is -0.392. The Hall–Kier alpha value is -2.27. The largest absolute Gasteiger partial charge is 0.371 e. The zero-order valence-electron chi connectivity index (χ0n) is 12.0. The van der Waals surface area contributed by atoms with Gasteiger partial charge in [0, 0.05) is 18.2 Å². The van der Waals surface area contributed by atoms with E-state index in [1.54, 1.807) is 0 Å². The second-order valence-electron chi connectivity index (χ2n) is 4.55. The zero-order chi connectivity index (χ0) is 17.1. The fraction of sp³-hybridized carbons (Fsp3) is 0.455. The number of primary sulfonamides is 1. The van der Waals surface area contributed by atoms with Crippen molar-refractivity contribution in [2.24, 2.45) is 5.14 Å². The normalized spacial score (nSPS) is 11.5. The second-order valence-corrected chi connectivity index (χ2v) is 6.11. The van der Waals surface area contributed by atoms with Gasteiger partial charge in [-0.05, 0) is 12.8 Å². The maximum absolute atomic E-state index is 11.3. The van der Waals surface area contributed by atoms with E-state index in [4.69, 9.17) is 5.14 Å². The quantitative estimate of drug-likeness (QED) is 0.568. The van der Waals surface area contributed by atoms with E-state index in [1.165, 1.54) is 0 Å². The minimum atomic E-state index is -4.31. The third-order valence-corrected chi connectivity index (χ3v) is 4.02. The molecule has 0 spiro atoms. The Morgan fingerprint density at radius 1 is 1.14 bits per heavy atom. The molecule has 11 heteroatoms. The molecule has 0 atom stereocenters. The molecule has 1 aromatic rings. The molecule has 0 bridgehead atoms. The van der Waals surface area contributed by atoms with Crippen LogP contribution in [0.4, 0.5) is 17.1 Å². The topological polar surface area (TPSA) is 158 Å². The number of nitrogens with two attached hydrogens (primary N) is 1. The predicted molar refractivity (Wildman–Crippen MR) is 79.1 cm³/mol. The minimum Gasteiger partial charge on any atom is -0.371 e. The smallest absolute Gasteiger partial charge is 0.300 e. The average molecular weight is 332 g/mol. The first-order chi connectivity index (χ1) is 10.1. The van der Waals surface area contributed by atoms with Crippen LogP contribution in [0.1, 0.15) is 26.7 Å². The number of nitro benzene ring substituents is 2. The van der Waals surface area contributed by atoms with Crippen LogP contribution in [0.3, 0.4) is 0 Å². The summed E-state index contributed by atoms with van der Waals surface area (Å²) in [7, 11) is -4.31. The summed E-state index contributed by atoms with van der Waals surface area (Å²) >= 11 is 0. The van der Waals surface area contributed by atoms with Crippen molar-refractivity contribution in [3.63, 3.8) is 0 Å². The summed E-state index contributed by atoms with van der Waals surface area (Å²) in [5, 5.41) is 29.9. The first-order valence-electron chi connectivity index (χ1n) is 6.37. The molecule has 0 saturated heterocycles. The van der Waals surface area contributed by atoms with Crippen LogP contribution in [0.25, 0.3) is 0 Å². The van der Waals surface area contributed by atoms with Gasteiger partial charge in [0.1, 0.15) is 0 Å². The van der Waals surface area contributed by atoms with Crippen LogP contribution in [-0.4, -0.2) is 24.3 Å². The molecule has 22 heavy (non-hydrogen) atoms. The summed E-state index contributed by atoms with van der Waals surface area (Å²) in [4.78, 5) is 19.8. The highest BCUT2D eigenvalue weighted by atomic mass is 32.2. The molecule has 3 N–H and O–H groups in total. The fourth-order valence-electron chi connectivity index (χ4n) is 1.88. The van der Waals surface area contributed by atoms with Gasteiger partial charge in [0.15, 0.2) is 5.69 Å². The van der Waals surface area contributed by atoms with Gasteiger partial charge in [-0.2, -0.15) is 0 Å². The summed E-state index contributed by atoms with van der Waals surface area (Å²) in [5.74, 6) is 0. The number of sulfonamides is 1. The Kier molecular flexibility index (Phi) is 5.38. The van der Waals surface area contributed by atoms with Crippen molar-refractivity contribution in [3.8, 4) is 0 Å². The van der Waals surface area contributed by atoms with Crippen LogP contribution in [0.5, 0.6) is 0 Å². The molecule has 0 saturated carbocycles. The lowest BCUT2D eigenvalue weighted by Gasteiger charge is -2.16. The van der Waals surface area contributed by atoms with Gasteiger partial charge in [-0.25, -0.2) is 13.6 Å². The summed E-state index contributed by atoms with van der Waals surface area (Å²) in [6, 6.07) is 1.21. The van der Waals surface area contributed by atoms with Crippen LogP contribution in [-0.2, 0) is 10.0 Å². The van der Waals surface area contributed by atoms with E-state index in [0.717, 1.165) is 0 Å². The van der Waals surface area contributed by atoms with Crippen LogP contribution >= 0.6 is 0 Å². The molecule has 0 aliphatic rings. The van der Waals surface area contributed by atoms with E-state index in [0.29, 0.717) is 25.0 Å². The summed E-state index contributed by atoms with van der Waals surface area (Å²) in [5.41, 5.74) is -1.73. The number of anilines is 1. The van der Waals surface area contributed by atoms with Crippen molar-refractivity contribution in [2.75, 3.05) is 5.32 Å². The van der Waals surface area contributed by atoms with E-state index in [1.807, 2.05) is 13.8 Å². The van der Waals surface area contributed by atoms with Gasteiger partial charge in [0.05, 0.1) is 14.7 Å². The molecule has 0 aliphatic heterocycles. The first kappa shape index (κ1) is 17.8. The Morgan fingerprint density at radius 2 is 1.55 bits per heavy atom. The van der Waals surface area contributed by atoms with Crippen molar-refractivity contribution in [3.05, 3.63) is 32.4 Å². The average Bonchev–Trinajstić information content (AvgIpc) is 2.42. The maximum atomic E-state index is 11.3. The Balaban J connectivity index is 3.65. The standard InChI is InChI=1S/C11H16N4O6S/c1-3-7(4-2)13-11-9(14(16)17)5-8(22(12,20)21)6-10(11)15(18)19/h5-7,13H,3-4H2,1-2H3,(H2,12,20,21). The summed E-state index contributed by atoms with van der Waals surface area (Å²) in [6.45, 7) is 3.63. The first-order valence-corrected chi connectivity index (χ1v) is 7.92. The van der Waals surface area contributed by atoms with Crippen LogP contribution < -0.4 is 10.5 Å². The van der Waals surface area contributed by atoms with Crippen LogP contribution in [0.15, 0.2) is 17.0 Å². The Morgan fingerprint density at radius 3 is 1.82 bits per heavy atom. The van der Waals surface area contributed by atoms with Crippen LogP contribution in [0, 0.1) is 20.2 Å². The number of benzene rings is 1. The Bertz CT molecular complexity index is 664. The summed E-state index contributed by atoms with van der Waals surface area (Å²) in [6.07, 6.45) is 1.17. The van der Waals surface area contributed by atoms with E-state index in [9.17, 15) is 28.6 Å². The second kappa shape index (κ2) is 6.66. The zero-order valence-corrected chi connectivity index (χ0v) is 12.8. The van der Waals surface area contributed by atoms with Crippen molar-refractivity contribution in [1.29, 1.82) is 0 Å². The van der Waals surface area contributed by atoms with E-state index in [2.05, 4.69) is 5.32 Å². The van der Waals surface area contributed by atoms with Gasteiger partial charge in [-0.15, -0.1) is 0 Å². The highest BCUT2D eigenvalue weighted by molar-refractivity contribution is 7.89. The number of nitrogens with one attached hydrogen (secondary N) is 1. The van der Waals surface area contributed by atoms with Crippen molar-refractivity contribution < 1.29 is 18.3 Å². The molecule has 0 amide bonds. The fourth-order valence-corrected chi connectivity index (χ4v) is 2.44. The highest BCUT2D eigenvalue weighted by Crippen LogP contribution is 2.37. The molecule has 1 rings (SSSR count). The van der Waals surface area contributed by atoms with Crippen molar-refractivity contribution in [2.45, 2.75) is 37.6 Å². The highest BCUT2D eigenvalue weighted by Gasteiger charge is 2.30. The van der Waals surface area contributed by atoms with E-state index in [-0.39, 0.29) is 11.7 Å². The lowest BCUT2D eigenvalue weighted by atomic mass is 10.1. The van der Waals surface area contributed by atoms with Gasteiger partial charge in [0.2, 0.25) is 10.0 Å². The summed E-state index contributed by atoms with van der Waals surface area (Å²) < 4.78 is 22.7. The molecule has 0 fully saturated rings. The predicted octanol–water partition coefficient (Wildman–Crippen LogP) is 1.75. The van der Waals surface area contributed by atoms with Gasteiger partial charge in [0.25, 0.3) is 0 Å². The maximum Gasteiger partial charge on any atom is 0.300 e. The number of hydrogen-bond acceptors (Lipinski definition) is 7. The van der Waals surface area contributed by atoms with Crippen molar-refractivity contribution >= 4 is 27.1 Å². The van der Waals surface area contributed by atoms with Gasteiger partial charge >= 0.3 is 11.4 Å². The molecular weight excluding hydrogens is 316 g/mol. The van der Waals surface area contributed by atoms with E-state index < -0.39 is 36.1 Å². The van der Waals surface area contributed by atoms with Crippen LogP contribution in [0.2, 0.25) is 0 Å². The molecule has 0 heterocycles. The molecule has 0 aromatic heterocycles. The molecule has 0 aliphatic carbocycles. The number of rotatable bonds is 7. The molecule has 10 nitrogen and oxygen atoms in total. The lowest BCUT2D eigenvalue weighted by Crippen LogP contribution is -2.20. The number of nitro groups is 2. The molecular formula is C11H16N4O6S. The SMILES string of the molecule is CCC(CC)Nc1c([N+](=O)[O-])cc(S(N)(=O)=O)cc1[N+](=O)[O-]. The third kappa shape index (κ3) is 3.89. The number of hydrogen-bond donors (Lipinski definition) is 2. The molecule has 122 valence electrons. The van der Waals surface area contributed by atoms with Gasteiger partial charge in [-0.1, -0.05) is 13.8 Å². The molecule has 1 aromatic carbocycles. The number of nitrogens with zero attached hydrogens (tertiary/aromatic N) is 2. The van der Waals surface area contributed by atoms with Gasteiger partial charge < -0.3 is 5.32 Å². The molecule has 0 radical (unpaired) electrons. The third-order valence-electron chi connectivity index (χ3n) is 3.13. The van der Waals surface area contributed by atoms with Crippen molar-refractivity contribution in [1.82, 2.24) is 0 Å². The van der Waals surface area contributed by atoms with Gasteiger partial charge in [-0.3, -0.25) is 20.2 Å². The monoisotopic (exact) mass is 332 g/mol. The molecule has 0 unspecified atom stereocenters. The minimum absolute atomic E-state index is 0.224. The Labute approximate surface area is 126 Å². The van der Waals surface area contributed by atoms with E-state index >= 15 is 0 Å².